The Balaban J connectivity index is 2.73. The van der Waals surface area contributed by atoms with Crippen LogP contribution in [0.1, 0.15) is 5.56 Å². The largest absolute Gasteiger partial charge is 0.359 e. The van der Waals surface area contributed by atoms with Crippen LogP contribution < -0.4 is 5.32 Å². The van der Waals surface area contributed by atoms with E-state index < -0.39 is 4.92 Å². The predicted octanol–water partition coefficient (Wildman–Crippen LogP) is 0.883. The number of carbonyl (C=O) groups is 1. The molecule has 0 spiro atoms. The van der Waals surface area contributed by atoms with Crippen LogP contribution in [0.5, 0.6) is 0 Å². The van der Waals surface area contributed by atoms with Crippen LogP contribution in [0.25, 0.3) is 0 Å². The first-order valence-corrected chi connectivity index (χ1v) is 4.07. The topological polar surface area (TPSA) is 72.2 Å². The fourth-order valence-electron chi connectivity index (χ4n) is 1.01. The Hall–Kier alpha value is -1.91. The van der Waals surface area contributed by atoms with E-state index in [1.54, 1.807) is 19.2 Å². The van der Waals surface area contributed by atoms with Gasteiger partial charge in [-0.2, -0.15) is 0 Å². The van der Waals surface area contributed by atoms with Gasteiger partial charge in [-0.25, -0.2) is 0 Å². The number of hydrogen-bond acceptors (Lipinski definition) is 3. The molecule has 0 unspecified atom stereocenters. The van der Waals surface area contributed by atoms with Crippen LogP contribution in [0.2, 0.25) is 0 Å². The zero-order chi connectivity index (χ0) is 10.6. The molecular weight excluding hydrogens is 184 g/mol. The molecule has 1 amide bonds. The van der Waals surface area contributed by atoms with Crippen LogP contribution in [0.4, 0.5) is 5.69 Å². The molecule has 1 N–H and O–H groups in total. The standard InChI is InChI=1S/C9H10N2O3/c1-10-9(12)6-7-2-4-8(5-3-7)11(13)14/h2-5H,6H2,1H3,(H,10,12). The summed E-state index contributed by atoms with van der Waals surface area (Å²) in [5.41, 5.74) is 0.792. The van der Waals surface area contributed by atoms with Gasteiger partial charge in [-0.05, 0) is 5.56 Å². The molecule has 1 aromatic carbocycles. The lowest BCUT2D eigenvalue weighted by atomic mass is 10.1. The van der Waals surface area contributed by atoms with Crippen molar-refractivity contribution in [2.24, 2.45) is 0 Å². The van der Waals surface area contributed by atoms with E-state index in [1.807, 2.05) is 0 Å². The molecule has 14 heavy (non-hydrogen) atoms. The van der Waals surface area contributed by atoms with Crippen LogP contribution in [-0.4, -0.2) is 17.9 Å². The Morgan fingerprint density at radius 2 is 2.00 bits per heavy atom. The number of carbonyl (C=O) groups excluding carboxylic acids is 1. The maximum Gasteiger partial charge on any atom is 0.269 e. The number of rotatable bonds is 3. The Morgan fingerprint density at radius 3 is 2.43 bits per heavy atom. The predicted molar refractivity (Wildman–Crippen MR) is 50.9 cm³/mol. The summed E-state index contributed by atoms with van der Waals surface area (Å²) in [6, 6.07) is 5.93. The summed E-state index contributed by atoms with van der Waals surface area (Å²) in [4.78, 5) is 20.8. The van der Waals surface area contributed by atoms with Crippen molar-refractivity contribution in [3.8, 4) is 0 Å². The molecule has 0 aliphatic carbocycles. The minimum absolute atomic E-state index is 0.0330. The number of non-ortho nitro benzene ring substituents is 1. The van der Waals surface area contributed by atoms with Gasteiger partial charge in [-0.15, -0.1) is 0 Å². The third-order valence-corrected chi connectivity index (χ3v) is 1.79. The molecule has 0 heterocycles. The number of likely N-dealkylation sites (N-methyl/N-ethyl adjacent to an activating group) is 1. The highest BCUT2D eigenvalue weighted by Crippen LogP contribution is 2.11. The fraction of sp³-hybridized carbons (Fsp3) is 0.222. The normalized spacial score (nSPS) is 9.50. The highest BCUT2D eigenvalue weighted by molar-refractivity contribution is 5.78. The molecule has 0 atom stereocenters. The van der Waals surface area contributed by atoms with Gasteiger partial charge in [0.05, 0.1) is 11.3 Å². The molecule has 0 radical (unpaired) electrons. The van der Waals surface area contributed by atoms with Gasteiger partial charge in [-0.3, -0.25) is 14.9 Å². The molecule has 1 rings (SSSR count). The van der Waals surface area contributed by atoms with E-state index in [1.165, 1.54) is 12.1 Å². The zero-order valence-electron chi connectivity index (χ0n) is 7.69. The number of nitro benzene ring substituents is 1. The molecule has 0 bridgehead atoms. The van der Waals surface area contributed by atoms with Gasteiger partial charge < -0.3 is 5.32 Å². The zero-order valence-corrected chi connectivity index (χ0v) is 7.69. The summed E-state index contributed by atoms with van der Waals surface area (Å²) in [5, 5.41) is 12.8. The van der Waals surface area contributed by atoms with E-state index in [2.05, 4.69) is 5.32 Å². The van der Waals surface area contributed by atoms with Crippen molar-refractivity contribution in [2.75, 3.05) is 7.05 Å². The summed E-state index contributed by atoms with van der Waals surface area (Å²) in [7, 11) is 1.55. The monoisotopic (exact) mass is 194 g/mol. The van der Waals surface area contributed by atoms with E-state index in [-0.39, 0.29) is 18.0 Å². The smallest absolute Gasteiger partial charge is 0.269 e. The average Bonchev–Trinajstić information content (AvgIpc) is 2.18. The highest BCUT2D eigenvalue weighted by Gasteiger charge is 2.05. The second-order valence-electron chi connectivity index (χ2n) is 2.77. The third kappa shape index (κ3) is 2.55. The van der Waals surface area contributed by atoms with E-state index in [9.17, 15) is 14.9 Å². The van der Waals surface area contributed by atoms with Gasteiger partial charge in [0.15, 0.2) is 0 Å². The molecule has 0 saturated carbocycles. The van der Waals surface area contributed by atoms with Crippen LogP contribution >= 0.6 is 0 Å². The molecule has 0 fully saturated rings. The van der Waals surface area contributed by atoms with E-state index >= 15 is 0 Å². The highest BCUT2D eigenvalue weighted by atomic mass is 16.6. The van der Waals surface area contributed by atoms with Gasteiger partial charge in [0, 0.05) is 19.2 Å². The van der Waals surface area contributed by atoms with Crippen LogP contribution in [0.3, 0.4) is 0 Å². The van der Waals surface area contributed by atoms with Crippen molar-refractivity contribution in [1.82, 2.24) is 5.32 Å². The minimum Gasteiger partial charge on any atom is -0.359 e. The van der Waals surface area contributed by atoms with E-state index in [0.29, 0.717) is 0 Å². The molecule has 74 valence electrons. The van der Waals surface area contributed by atoms with Gasteiger partial charge in [0.1, 0.15) is 0 Å². The fourth-order valence-corrected chi connectivity index (χ4v) is 1.01. The number of hydrogen-bond donors (Lipinski definition) is 1. The van der Waals surface area contributed by atoms with E-state index in [0.717, 1.165) is 5.56 Å². The molecule has 0 aliphatic rings. The second-order valence-corrected chi connectivity index (χ2v) is 2.77. The maximum absolute atomic E-state index is 11.0. The number of nitro groups is 1. The summed E-state index contributed by atoms with van der Waals surface area (Å²) < 4.78 is 0. The van der Waals surface area contributed by atoms with Crippen molar-refractivity contribution in [3.63, 3.8) is 0 Å². The average molecular weight is 194 g/mol. The first-order valence-electron chi connectivity index (χ1n) is 4.07. The lowest BCUT2D eigenvalue weighted by molar-refractivity contribution is -0.384. The lowest BCUT2D eigenvalue weighted by Crippen LogP contribution is -2.19. The molecule has 0 aliphatic heterocycles. The molecule has 5 nitrogen and oxygen atoms in total. The van der Waals surface area contributed by atoms with Crippen molar-refractivity contribution < 1.29 is 9.72 Å². The van der Waals surface area contributed by atoms with Gasteiger partial charge in [-0.1, -0.05) is 12.1 Å². The van der Waals surface area contributed by atoms with Crippen molar-refractivity contribution in [1.29, 1.82) is 0 Å². The number of amides is 1. The Bertz CT molecular complexity index is 346. The minimum atomic E-state index is -0.469. The van der Waals surface area contributed by atoms with Gasteiger partial charge >= 0.3 is 0 Å². The molecule has 5 heteroatoms. The molecule has 0 aromatic heterocycles. The number of nitrogens with one attached hydrogen (secondary N) is 1. The summed E-state index contributed by atoms with van der Waals surface area (Å²) in [6.45, 7) is 0. The summed E-state index contributed by atoms with van der Waals surface area (Å²) >= 11 is 0. The SMILES string of the molecule is CNC(=O)Cc1ccc([N+](=O)[O-])cc1. The Labute approximate surface area is 80.9 Å². The Morgan fingerprint density at radius 1 is 1.43 bits per heavy atom. The third-order valence-electron chi connectivity index (χ3n) is 1.79. The Kier molecular flexibility index (Phi) is 3.17. The van der Waals surface area contributed by atoms with Gasteiger partial charge in [0.25, 0.3) is 5.69 Å². The maximum atomic E-state index is 11.0. The summed E-state index contributed by atoms with van der Waals surface area (Å²) in [5.74, 6) is -0.112. The number of benzene rings is 1. The lowest BCUT2D eigenvalue weighted by Gasteiger charge is -1.99. The van der Waals surface area contributed by atoms with Crippen molar-refractivity contribution >= 4 is 11.6 Å². The first-order chi connectivity index (χ1) is 6.63. The quantitative estimate of drug-likeness (QED) is 0.573. The van der Waals surface area contributed by atoms with Gasteiger partial charge in [0.2, 0.25) is 5.91 Å². The second kappa shape index (κ2) is 4.36. The molecular formula is C9H10N2O3. The van der Waals surface area contributed by atoms with Crippen LogP contribution in [-0.2, 0) is 11.2 Å². The van der Waals surface area contributed by atoms with Crippen molar-refractivity contribution in [3.05, 3.63) is 39.9 Å². The number of nitrogens with zero attached hydrogens (tertiary/aromatic N) is 1. The summed E-state index contributed by atoms with van der Waals surface area (Å²) in [6.07, 6.45) is 0.245. The van der Waals surface area contributed by atoms with E-state index in [4.69, 9.17) is 0 Å². The molecule has 1 aromatic rings. The van der Waals surface area contributed by atoms with Crippen molar-refractivity contribution in [2.45, 2.75) is 6.42 Å². The van der Waals surface area contributed by atoms with Crippen LogP contribution in [0.15, 0.2) is 24.3 Å². The molecule has 0 saturated heterocycles. The van der Waals surface area contributed by atoms with Crippen LogP contribution in [0, 0.1) is 10.1 Å². The first kappa shape index (κ1) is 10.2.